The van der Waals surface area contributed by atoms with Gasteiger partial charge in [-0.05, 0) is 18.6 Å². The number of hydrogen-bond donors (Lipinski definition) is 1. The highest BCUT2D eigenvalue weighted by atomic mass is 32.2. The summed E-state index contributed by atoms with van der Waals surface area (Å²) in [5.41, 5.74) is 3.37. The van der Waals surface area contributed by atoms with Gasteiger partial charge in [0.25, 0.3) is 10.1 Å². The molecule has 0 saturated carbocycles. The van der Waals surface area contributed by atoms with E-state index in [0.29, 0.717) is 10.3 Å². The van der Waals surface area contributed by atoms with Gasteiger partial charge in [0.1, 0.15) is 10.4 Å². The molecule has 0 unspecified atom stereocenters. The third-order valence-corrected chi connectivity index (χ3v) is 3.63. The number of benzene rings is 1. The number of aromatic nitrogens is 1. The predicted molar refractivity (Wildman–Crippen MR) is 53.0 cm³/mol. The molecule has 1 radical (unpaired) electrons. The van der Waals surface area contributed by atoms with E-state index in [0.717, 1.165) is 0 Å². The lowest BCUT2D eigenvalue weighted by atomic mass is 10.2. The second-order valence-electron chi connectivity index (χ2n) is 2.84. The molecule has 0 amide bonds. The summed E-state index contributed by atoms with van der Waals surface area (Å²) in [6.07, 6.45) is 0. The predicted octanol–water partition coefficient (Wildman–Crippen LogP) is 1.65. The minimum atomic E-state index is -4.21. The van der Waals surface area contributed by atoms with Crippen LogP contribution in [-0.4, -0.2) is 18.0 Å². The molecule has 73 valence electrons. The van der Waals surface area contributed by atoms with Crippen molar-refractivity contribution >= 4 is 31.7 Å². The summed E-state index contributed by atoms with van der Waals surface area (Å²) in [5, 5.41) is 0. The molecule has 4 nitrogen and oxygen atoms in total. The Morgan fingerprint density at radius 1 is 1.50 bits per heavy atom. The third kappa shape index (κ3) is 1.41. The number of hydrogen-bond acceptors (Lipinski definition) is 4. The van der Waals surface area contributed by atoms with Crippen molar-refractivity contribution in [3.05, 3.63) is 23.2 Å². The first kappa shape index (κ1) is 9.57. The average molecular weight is 228 g/mol. The summed E-state index contributed by atoms with van der Waals surface area (Å²) < 4.78 is 31.9. The van der Waals surface area contributed by atoms with E-state index in [4.69, 9.17) is 4.55 Å². The zero-order valence-electron chi connectivity index (χ0n) is 7.18. The molecule has 0 aliphatic carbocycles. The van der Waals surface area contributed by atoms with Crippen molar-refractivity contribution in [1.82, 2.24) is 4.98 Å². The van der Waals surface area contributed by atoms with E-state index in [1.165, 1.54) is 11.3 Å². The highest BCUT2D eigenvalue weighted by Gasteiger charge is 2.18. The quantitative estimate of drug-likeness (QED) is 0.754. The van der Waals surface area contributed by atoms with Crippen LogP contribution in [0.3, 0.4) is 0 Å². The van der Waals surface area contributed by atoms with E-state index in [-0.39, 0.29) is 10.4 Å². The van der Waals surface area contributed by atoms with Crippen molar-refractivity contribution in [2.75, 3.05) is 0 Å². The number of aryl methyl sites for hydroxylation is 1. The van der Waals surface area contributed by atoms with Gasteiger partial charge in [0.05, 0.1) is 4.70 Å². The molecule has 0 bridgehead atoms. The Hall–Kier alpha value is -0.980. The first-order valence-corrected chi connectivity index (χ1v) is 5.99. The standard InChI is InChI=1S/C8H6NO3S2/c1-5-2-3-6-7(9-4-13-6)8(5)14(10,11)12/h2-3H,1H3,(H,10,11,12). The highest BCUT2D eigenvalue weighted by Crippen LogP contribution is 2.27. The molecule has 0 atom stereocenters. The van der Waals surface area contributed by atoms with Crippen LogP contribution >= 0.6 is 11.3 Å². The molecular formula is C8H6NO3S2. The summed E-state index contributed by atoms with van der Waals surface area (Å²) in [6.45, 7) is 1.61. The van der Waals surface area contributed by atoms with Crippen LogP contribution < -0.4 is 0 Å². The lowest BCUT2D eigenvalue weighted by Gasteiger charge is -2.01. The van der Waals surface area contributed by atoms with Crippen LogP contribution in [0.15, 0.2) is 17.0 Å². The summed E-state index contributed by atoms with van der Waals surface area (Å²) in [6, 6.07) is 3.39. The molecule has 14 heavy (non-hydrogen) atoms. The normalized spacial score (nSPS) is 12.1. The van der Waals surface area contributed by atoms with Crippen LogP contribution in [0.25, 0.3) is 10.2 Å². The number of fused-ring (bicyclic) bond motifs is 1. The topological polar surface area (TPSA) is 67.3 Å². The summed E-state index contributed by atoms with van der Waals surface area (Å²) >= 11 is 1.21. The molecule has 1 N–H and O–H groups in total. The fourth-order valence-corrected chi connectivity index (χ4v) is 2.84. The Morgan fingerprint density at radius 2 is 2.21 bits per heavy atom. The van der Waals surface area contributed by atoms with Crippen LogP contribution in [0.2, 0.25) is 0 Å². The van der Waals surface area contributed by atoms with Gasteiger partial charge in [-0.15, -0.1) is 11.3 Å². The maximum atomic E-state index is 11.1. The van der Waals surface area contributed by atoms with E-state index in [1.807, 2.05) is 0 Å². The third-order valence-electron chi connectivity index (χ3n) is 1.86. The Bertz CT molecular complexity index is 586. The molecular weight excluding hydrogens is 222 g/mol. The fraction of sp³-hybridized carbons (Fsp3) is 0.125. The number of thiazole rings is 1. The lowest BCUT2D eigenvalue weighted by Crippen LogP contribution is -2.01. The molecule has 1 heterocycles. The van der Waals surface area contributed by atoms with Crippen LogP contribution in [0.1, 0.15) is 5.56 Å². The summed E-state index contributed by atoms with van der Waals surface area (Å²) in [4.78, 5) is 3.68. The second kappa shape index (κ2) is 3.01. The van der Waals surface area contributed by atoms with E-state index < -0.39 is 10.1 Å². The zero-order chi connectivity index (χ0) is 10.3. The first-order valence-electron chi connectivity index (χ1n) is 3.74. The van der Waals surface area contributed by atoms with Crippen molar-refractivity contribution in [1.29, 1.82) is 0 Å². The molecule has 1 aromatic heterocycles. The monoisotopic (exact) mass is 228 g/mol. The minimum absolute atomic E-state index is 0.118. The maximum absolute atomic E-state index is 11.1. The number of rotatable bonds is 1. The number of nitrogens with zero attached hydrogens (tertiary/aromatic N) is 1. The van der Waals surface area contributed by atoms with E-state index >= 15 is 0 Å². The first-order chi connectivity index (χ1) is 6.50. The molecule has 0 saturated heterocycles. The molecule has 1 aromatic carbocycles. The van der Waals surface area contributed by atoms with Gasteiger partial charge in [-0.2, -0.15) is 8.42 Å². The van der Waals surface area contributed by atoms with E-state index in [1.54, 1.807) is 19.1 Å². The summed E-state index contributed by atoms with van der Waals surface area (Å²) in [5.74, 6) is 0. The van der Waals surface area contributed by atoms with E-state index in [9.17, 15) is 8.42 Å². The Balaban J connectivity index is 2.98. The Labute approximate surface area is 85.0 Å². The van der Waals surface area contributed by atoms with E-state index in [2.05, 4.69) is 10.5 Å². The largest absolute Gasteiger partial charge is 0.296 e. The minimum Gasteiger partial charge on any atom is -0.282 e. The molecule has 0 fully saturated rings. The van der Waals surface area contributed by atoms with Crippen molar-refractivity contribution < 1.29 is 13.0 Å². The molecule has 2 aromatic rings. The lowest BCUT2D eigenvalue weighted by molar-refractivity contribution is 0.483. The van der Waals surface area contributed by atoms with Gasteiger partial charge in [0.2, 0.25) is 0 Å². The maximum Gasteiger partial charge on any atom is 0.296 e. The van der Waals surface area contributed by atoms with Gasteiger partial charge in [0, 0.05) is 0 Å². The fourth-order valence-electron chi connectivity index (χ4n) is 1.29. The van der Waals surface area contributed by atoms with Crippen LogP contribution in [-0.2, 0) is 10.1 Å². The average Bonchev–Trinajstić information content (AvgIpc) is 2.48. The smallest absolute Gasteiger partial charge is 0.282 e. The SMILES string of the molecule is Cc1ccc2s[c]nc2c1S(=O)(=O)O. The Morgan fingerprint density at radius 3 is 2.86 bits per heavy atom. The van der Waals surface area contributed by atoms with Gasteiger partial charge in [0.15, 0.2) is 5.51 Å². The molecule has 0 aliphatic rings. The second-order valence-corrected chi connectivity index (χ2v) is 5.02. The van der Waals surface area contributed by atoms with Crippen LogP contribution in [0, 0.1) is 12.4 Å². The van der Waals surface area contributed by atoms with Gasteiger partial charge in [-0.25, -0.2) is 4.98 Å². The van der Waals surface area contributed by atoms with Gasteiger partial charge >= 0.3 is 0 Å². The van der Waals surface area contributed by atoms with Gasteiger partial charge < -0.3 is 0 Å². The van der Waals surface area contributed by atoms with Crippen LogP contribution in [0.4, 0.5) is 0 Å². The van der Waals surface area contributed by atoms with Gasteiger partial charge in [-0.1, -0.05) is 6.07 Å². The molecule has 6 heteroatoms. The van der Waals surface area contributed by atoms with Crippen molar-refractivity contribution in [3.63, 3.8) is 0 Å². The van der Waals surface area contributed by atoms with Crippen molar-refractivity contribution in [3.8, 4) is 0 Å². The molecule has 2 rings (SSSR count). The van der Waals surface area contributed by atoms with Crippen molar-refractivity contribution in [2.45, 2.75) is 11.8 Å². The highest BCUT2D eigenvalue weighted by molar-refractivity contribution is 7.86. The van der Waals surface area contributed by atoms with Gasteiger partial charge in [-0.3, -0.25) is 4.55 Å². The molecule has 0 spiro atoms. The Kier molecular flexibility index (Phi) is 2.06. The summed E-state index contributed by atoms with van der Waals surface area (Å²) in [7, 11) is -4.21. The molecule has 0 aliphatic heterocycles. The van der Waals surface area contributed by atoms with Crippen LogP contribution in [0.5, 0.6) is 0 Å². The van der Waals surface area contributed by atoms with Crippen molar-refractivity contribution in [2.24, 2.45) is 0 Å². The zero-order valence-corrected chi connectivity index (χ0v) is 8.82.